The van der Waals surface area contributed by atoms with Gasteiger partial charge in [-0.25, -0.2) is 0 Å². The second-order valence-corrected chi connectivity index (χ2v) is 6.13. The fourth-order valence-electron chi connectivity index (χ4n) is 3.25. The van der Waals surface area contributed by atoms with E-state index in [0.717, 1.165) is 25.2 Å². The quantitative estimate of drug-likeness (QED) is 0.833. The Kier molecular flexibility index (Phi) is 6.46. The number of rotatable bonds is 4. The molecule has 2 saturated heterocycles. The summed E-state index contributed by atoms with van der Waals surface area (Å²) in [6.07, 6.45) is 9.48. The lowest BCUT2D eigenvalue weighted by Gasteiger charge is -2.30. The SMILES string of the molecule is CN(CC1CCOCC1)CC1CCCCCCN1. The molecule has 18 heavy (non-hydrogen) atoms. The van der Waals surface area contributed by atoms with Gasteiger partial charge in [-0.2, -0.15) is 0 Å². The minimum Gasteiger partial charge on any atom is -0.381 e. The standard InChI is InChI=1S/C15H30N2O/c1-17(12-14-7-10-18-11-8-14)13-15-6-4-2-3-5-9-16-15/h14-16H,2-13H2,1H3. The van der Waals surface area contributed by atoms with E-state index in [4.69, 9.17) is 4.74 Å². The zero-order valence-corrected chi connectivity index (χ0v) is 12.0. The normalized spacial score (nSPS) is 28.0. The number of nitrogens with zero attached hydrogens (tertiary/aromatic N) is 1. The smallest absolute Gasteiger partial charge is 0.0469 e. The van der Waals surface area contributed by atoms with Crippen molar-refractivity contribution in [2.24, 2.45) is 5.92 Å². The third kappa shape index (κ3) is 5.25. The fraction of sp³-hybridized carbons (Fsp3) is 1.00. The molecule has 0 aromatic rings. The predicted molar refractivity (Wildman–Crippen MR) is 75.9 cm³/mol. The number of ether oxygens (including phenoxy) is 1. The third-order valence-corrected chi connectivity index (χ3v) is 4.36. The predicted octanol–water partition coefficient (Wildman–Crippen LogP) is 2.27. The van der Waals surface area contributed by atoms with Crippen LogP contribution in [0.3, 0.4) is 0 Å². The van der Waals surface area contributed by atoms with Crippen molar-refractivity contribution in [3.05, 3.63) is 0 Å². The van der Waals surface area contributed by atoms with Gasteiger partial charge in [0.05, 0.1) is 0 Å². The van der Waals surface area contributed by atoms with Crippen molar-refractivity contribution in [2.75, 3.05) is 39.9 Å². The highest BCUT2D eigenvalue weighted by atomic mass is 16.5. The van der Waals surface area contributed by atoms with Crippen LogP contribution in [-0.2, 0) is 4.74 Å². The maximum Gasteiger partial charge on any atom is 0.0469 e. The minimum atomic E-state index is 0.718. The van der Waals surface area contributed by atoms with Gasteiger partial charge in [-0.3, -0.25) is 0 Å². The first-order valence-corrected chi connectivity index (χ1v) is 7.84. The molecule has 0 aromatic heterocycles. The van der Waals surface area contributed by atoms with Gasteiger partial charge < -0.3 is 15.0 Å². The van der Waals surface area contributed by atoms with Crippen LogP contribution in [0.15, 0.2) is 0 Å². The van der Waals surface area contributed by atoms with Gasteiger partial charge in [0.25, 0.3) is 0 Å². The van der Waals surface area contributed by atoms with E-state index in [9.17, 15) is 0 Å². The van der Waals surface area contributed by atoms with Gasteiger partial charge in [0.2, 0.25) is 0 Å². The van der Waals surface area contributed by atoms with Gasteiger partial charge in [0.1, 0.15) is 0 Å². The molecule has 0 aromatic carbocycles. The highest BCUT2D eigenvalue weighted by Crippen LogP contribution is 2.16. The van der Waals surface area contributed by atoms with Crippen LogP contribution in [0.1, 0.15) is 44.9 Å². The Hall–Kier alpha value is -0.120. The number of likely N-dealkylation sites (N-methyl/N-ethyl adjacent to an activating group) is 1. The van der Waals surface area contributed by atoms with E-state index in [0.29, 0.717) is 0 Å². The van der Waals surface area contributed by atoms with Gasteiger partial charge in [0.15, 0.2) is 0 Å². The molecule has 1 unspecified atom stereocenters. The van der Waals surface area contributed by atoms with Gasteiger partial charge in [-0.05, 0) is 45.2 Å². The number of hydrogen-bond donors (Lipinski definition) is 1. The molecule has 1 atom stereocenters. The highest BCUT2D eigenvalue weighted by molar-refractivity contribution is 4.75. The molecule has 0 radical (unpaired) electrons. The summed E-state index contributed by atoms with van der Waals surface area (Å²) in [4.78, 5) is 2.54. The lowest BCUT2D eigenvalue weighted by molar-refractivity contribution is 0.0545. The molecule has 106 valence electrons. The topological polar surface area (TPSA) is 24.5 Å². The first-order valence-electron chi connectivity index (χ1n) is 7.84. The summed E-state index contributed by atoms with van der Waals surface area (Å²) in [6.45, 7) is 5.63. The van der Waals surface area contributed by atoms with Crippen LogP contribution in [0.4, 0.5) is 0 Å². The highest BCUT2D eigenvalue weighted by Gasteiger charge is 2.18. The van der Waals surface area contributed by atoms with E-state index in [1.54, 1.807) is 0 Å². The number of nitrogens with one attached hydrogen (secondary N) is 1. The first-order chi connectivity index (χ1) is 8.84. The third-order valence-electron chi connectivity index (χ3n) is 4.36. The van der Waals surface area contributed by atoms with E-state index in [2.05, 4.69) is 17.3 Å². The van der Waals surface area contributed by atoms with Gasteiger partial charge in [-0.1, -0.05) is 19.3 Å². The Balaban J connectivity index is 1.66. The summed E-state index contributed by atoms with van der Waals surface area (Å²) in [5, 5.41) is 3.72. The molecule has 0 amide bonds. The maximum absolute atomic E-state index is 5.43. The molecular formula is C15H30N2O. The molecule has 2 rings (SSSR count). The zero-order chi connectivity index (χ0) is 12.6. The monoisotopic (exact) mass is 254 g/mol. The summed E-state index contributed by atoms with van der Waals surface area (Å²) in [7, 11) is 2.29. The van der Waals surface area contributed by atoms with E-state index in [-0.39, 0.29) is 0 Å². The van der Waals surface area contributed by atoms with Crippen molar-refractivity contribution in [3.8, 4) is 0 Å². The number of hydrogen-bond acceptors (Lipinski definition) is 3. The molecule has 3 heteroatoms. The van der Waals surface area contributed by atoms with Crippen LogP contribution < -0.4 is 5.32 Å². The maximum atomic E-state index is 5.43. The molecule has 2 fully saturated rings. The van der Waals surface area contributed by atoms with Crippen LogP contribution in [-0.4, -0.2) is 50.8 Å². The molecule has 2 aliphatic rings. The molecule has 0 aliphatic carbocycles. The molecule has 2 heterocycles. The van der Waals surface area contributed by atoms with E-state index in [1.807, 2.05) is 0 Å². The van der Waals surface area contributed by atoms with Crippen molar-refractivity contribution in [1.29, 1.82) is 0 Å². The summed E-state index contributed by atoms with van der Waals surface area (Å²) < 4.78 is 5.43. The first kappa shape index (κ1) is 14.3. The lowest BCUT2D eigenvalue weighted by Crippen LogP contribution is -2.42. The van der Waals surface area contributed by atoms with Gasteiger partial charge in [0, 0.05) is 32.3 Å². The minimum absolute atomic E-state index is 0.718. The Morgan fingerprint density at radius 1 is 1.00 bits per heavy atom. The summed E-state index contributed by atoms with van der Waals surface area (Å²) in [5.41, 5.74) is 0. The zero-order valence-electron chi connectivity index (χ0n) is 12.0. The van der Waals surface area contributed by atoms with E-state index in [1.165, 1.54) is 64.6 Å². The molecular weight excluding hydrogens is 224 g/mol. The second-order valence-electron chi connectivity index (χ2n) is 6.13. The fourth-order valence-corrected chi connectivity index (χ4v) is 3.25. The lowest BCUT2D eigenvalue weighted by atomic mass is 9.99. The van der Waals surface area contributed by atoms with Crippen LogP contribution in [0.2, 0.25) is 0 Å². The molecule has 0 spiro atoms. The van der Waals surface area contributed by atoms with Crippen molar-refractivity contribution in [2.45, 2.75) is 51.0 Å². The van der Waals surface area contributed by atoms with Crippen LogP contribution >= 0.6 is 0 Å². The van der Waals surface area contributed by atoms with Crippen molar-refractivity contribution >= 4 is 0 Å². The van der Waals surface area contributed by atoms with Gasteiger partial charge in [-0.15, -0.1) is 0 Å². The Morgan fingerprint density at radius 3 is 2.61 bits per heavy atom. The molecule has 0 bridgehead atoms. The van der Waals surface area contributed by atoms with E-state index < -0.39 is 0 Å². The average Bonchev–Trinajstić information content (AvgIpc) is 2.34. The second kappa shape index (κ2) is 8.13. The molecule has 0 saturated carbocycles. The molecule has 1 N–H and O–H groups in total. The molecule has 2 aliphatic heterocycles. The average molecular weight is 254 g/mol. The largest absolute Gasteiger partial charge is 0.381 e. The summed E-state index contributed by atoms with van der Waals surface area (Å²) >= 11 is 0. The van der Waals surface area contributed by atoms with Crippen LogP contribution in [0.5, 0.6) is 0 Å². The van der Waals surface area contributed by atoms with E-state index >= 15 is 0 Å². The Labute approximate surface area is 112 Å². The summed E-state index contributed by atoms with van der Waals surface area (Å²) in [6, 6.07) is 0.718. The van der Waals surface area contributed by atoms with Crippen molar-refractivity contribution in [1.82, 2.24) is 10.2 Å². The van der Waals surface area contributed by atoms with Crippen LogP contribution in [0.25, 0.3) is 0 Å². The molecule has 3 nitrogen and oxygen atoms in total. The Bertz CT molecular complexity index is 209. The van der Waals surface area contributed by atoms with Crippen molar-refractivity contribution in [3.63, 3.8) is 0 Å². The van der Waals surface area contributed by atoms with Crippen LogP contribution in [0, 0.1) is 5.92 Å². The Morgan fingerprint density at radius 2 is 1.78 bits per heavy atom. The van der Waals surface area contributed by atoms with Gasteiger partial charge >= 0.3 is 0 Å². The summed E-state index contributed by atoms with van der Waals surface area (Å²) in [5.74, 6) is 0.859. The van der Waals surface area contributed by atoms with Crippen molar-refractivity contribution < 1.29 is 4.74 Å².